The zero-order valence-corrected chi connectivity index (χ0v) is 11.4. The van der Waals surface area contributed by atoms with Gasteiger partial charge in [-0.3, -0.25) is 5.10 Å². The van der Waals surface area contributed by atoms with Crippen molar-refractivity contribution >= 4 is 5.97 Å². The molecule has 1 aromatic rings. The lowest BCUT2D eigenvalue weighted by Crippen LogP contribution is -2.20. The molecule has 1 saturated carbocycles. The standard InChI is InChI=1S/C13H21N3O2/c1-12(2)9(13(12,3)4)7-14-5-8-6-15-16-10(8)11(17)18/h6,9,14H,5,7H2,1-4H3,(H,15,16)(H,17,18). The van der Waals surface area contributed by atoms with Gasteiger partial charge in [-0.15, -0.1) is 0 Å². The molecule has 1 heterocycles. The van der Waals surface area contributed by atoms with E-state index in [1.165, 1.54) is 0 Å². The smallest absolute Gasteiger partial charge is 0.354 e. The van der Waals surface area contributed by atoms with Gasteiger partial charge in [0.05, 0.1) is 6.20 Å². The van der Waals surface area contributed by atoms with Gasteiger partial charge in [-0.1, -0.05) is 27.7 Å². The minimum atomic E-state index is -0.962. The van der Waals surface area contributed by atoms with E-state index in [1.807, 2.05) is 0 Å². The van der Waals surface area contributed by atoms with E-state index in [2.05, 4.69) is 43.2 Å². The van der Waals surface area contributed by atoms with Crippen LogP contribution in [-0.2, 0) is 6.54 Å². The molecule has 0 spiro atoms. The minimum Gasteiger partial charge on any atom is -0.477 e. The molecule has 0 saturated heterocycles. The minimum absolute atomic E-state index is 0.178. The fourth-order valence-electron chi connectivity index (χ4n) is 2.82. The molecule has 5 heteroatoms. The molecular weight excluding hydrogens is 230 g/mol. The maximum absolute atomic E-state index is 10.9. The van der Waals surface area contributed by atoms with Gasteiger partial charge in [0.25, 0.3) is 0 Å². The van der Waals surface area contributed by atoms with Crippen LogP contribution in [0.4, 0.5) is 0 Å². The van der Waals surface area contributed by atoms with Crippen molar-refractivity contribution in [3.8, 4) is 0 Å². The second kappa shape index (κ2) is 4.09. The highest BCUT2D eigenvalue weighted by Gasteiger charge is 2.63. The van der Waals surface area contributed by atoms with Gasteiger partial charge < -0.3 is 10.4 Å². The van der Waals surface area contributed by atoms with Crippen molar-refractivity contribution in [3.63, 3.8) is 0 Å². The van der Waals surface area contributed by atoms with Crippen LogP contribution in [0.15, 0.2) is 6.20 Å². The largest absolute Gasteiger partial charge is 0.477 e. The fraction of sp³-hybridized carbons (Fsp3) is 0.692. The van der Waals surface area contributed by atoms with E-state index in [1.54, 1.807) is 6.20 Å². The van der Waals surface area contributed by atoms with Crippen LogP contribution in [0, 0.1) is 16.7 Å². The number of rotatable bonds is 5. The Kier molecular flexibility index (Phi) is 2.97. The molecule has 100 valence electrons. The Balaban J connectivity index is 1.87. The van der Waals surface area contributed by atoms with E-state index in [0.29, 0.717) is 28.9 Å². The number of carboxylic acid groups (broad SMARTS) is 1. The molecule has 0 aromatic carbocycles. The third kappa shape index (κ3) is 1.92. The summed E-state index contributed by atoms with van der Waals surface area (Å²) in [7, 11) is 0. The van der Waals surface area contributed by atoms with Gasteiger partial charge in [0, 0.05) is 12.1 Å². The molecule has 18 heavy (non-hydrogen) atoms. The summed E-state index contributed by atoms with van der Waals surface area (Å²) in [6.45, 7) is 10.6. The van der Waals surface area contributed by atoms with Gasteiger partial charge in [0.15, 0.2) is 0 Å². The molecule has 0 amide bonds. The summed E-state index contributed by atoms with van der Waals surface area (Å²) in [5, 5.41) is 18.5. The van der Waals surface area contributed by atoms with E-state index < -0.39 is 5.97 Å². The van der Waals surface area contributed by atoms with Gasteiger partial charge in [-0.25, -0.2) is 4.79 Å². The first-order chi connectivity index (χ1) is 8.28. The molecule has 0 radical (unpaired) electrons. The molecule has 1 aromatic heterocycles. The van der Waals surface area contributed by atoms with Crippen molar-refractivity contribution in [2.45, 2.75) is 34.2 Å². The maximum Gasteiger partial charge on any atom is 0.354 e. The Morgan fingerprint density at radius 1 is 1.44 bits per heavy atom. The van der Waals surface area contributed by atoms with Crippen LogP contribution >= 0.6 is 0 Å². The molecule has 1 aliphatic rings. The van der Waals surface area contributed by atoms with Crippen molar-refractivity contribution in [1.82, 2.24) is 15.5 Å². The van der Waals surface area contributed by atoms with Crippen LogP contribution in [0.1, 0.15) is 43.7 Å². The lowest BCUT2D eigenvalue weighted by atomic mass is 10.0. The van der Waals surface area contributed by atoms with E-state index >= 15 is 0 Å². The zero-order valence-electron chi connectivity index (χ0n) is 11.4. The number of nitrogens with zero attached hydrogens (tertiary/aromatic N) is 1. The molecule has 2 rings (SSSR count). The first-order valence-electron chi connectivity index (χ1n) is 6.24. The first-order valence-corrected chi connectivity index (χ1v) is 6.24. The number of carboxylic acids is 1. The molecule has 1 aliphatic carbocycles. The summed E-state index contributed by atoms with van der Waals surface area (Å²) in [6.07, 6.45) is 1.57. The molecule has 1 fully saturated rings. The number of aromatic amines is 1. The Labute approximate surface area is 107 Å². The summed E-state index contributed by atoms with van der Waals surface area (Å²) >= 11 is 0. The second-order valence-corrected chi connectivity index (χ2v) is 6.20. The molecule has 0 unspecified atom stereocenters. The van der Waals surface area contributed by atoms with Crippen molar-refractivity contribution in [2.24, 2.45) is 16.7 Å². The van der Waals surface area contributed by atoms with Gasteiger partial charge in [-0.05, 0) is 23.3 Å². The number of hydrogen-bond donors (Lipinski definition) is 3. The van der Waals surface area contributed by atoms with Crippen LogP contribution in [0.3, 0.4) is 0 Å². The lowest BCUT2D eigenvalue weighted by Gasteiger charge is -2.05. The number of H-pyrrole nitrogens is 1. The summed E-state index contributed by atoms with van der Waals surface area (Å²) in [6, 6.07) is 0. The first kappa shape index (κ1) is 13.1. The summed E-state index contributed by atoms with van der Waals surface area (Å²) in [5.41, 5.74) is 1.59. The van der Waals surface area contributed by atoms with Gasteiger partial charge in [-0.2, -0.15) is 5.10 Å². The van der Waals surface area contributed by atoms with Crippen LogP contribution in [0.5, 0.6) is 0 Å². The Bertz CT molecular complexity index is 449. The molecular formula is C13H21N3O2. The number of hydrogen-bond acceptors (Lipinski definition) is 3. The Morgan fingerprint density at radius 2 is 2.06 bits per heavy atom. The number of aromatic nitrogens is 2. The highest BCUT2D eigenvalue weighted by atomic mass is 16.4. The summed E-state index contributed by atoms with van der Waals surface area (Å²) in [4.78, 5) is 10.9. The fourth-order valence-corrected chi connectivity index (χ4v) is 2.82. The highest BCUT2D eigenvalue weighted by molar-refractivity contribution is 5.86. The lowest BCUT2D eigenvalue weighted by molar-refractivity contribution is 0.0689. The topological polar surface area (TPSA) is 78.0 Å². The van der Waals surface area contributed by atoms with Crippen LogP contribution in [-0.4, -0.2) is 27.8 Å². The van der Waals surface area contributed by atoms with Crippen LogP contribution < -0.4 is 5.32 Å². The number of carbonyl (C=O) groups is 1. The number of nitrogens with one attached hydrogen (secondary N) is 2. The van der Waals surface area contributed by atoms with Gasteiger partial charge in [0.1, 0.15) is 5.69 Å². The predicted octanol–water partition coefficient (Wildman–Crippen LogP) is 1.88. The average molecular weight is 251 g/mol. The molecule has 0 aliphatic heterocycles. The highest BCUT2D eigenvalue weighted by Crippen LogP contribution is 2.67. The molecule has 0 bridgehead atoms. The van der Waals surface area contributed by atoms with E-state index in [-0.39, 0.29) is 5.69 Å². The van der Waals surface area contributed by atoms with E-state index in [4.69, 9.17) is 5.11 Å². The average Bonchev–Trinajstić information content (AvgIpc) is 2.66. The van der Waals surface area contributed by atoms with Crippen LogP contribution in [0.25, 0.3) is 0 Å². The monoisotopic (exact) mass is 251 g/mol. The maximum atomic E-state index is 10.9. The van der Waals surface area contributed by atoms with Gasteiger partial charge in [0.2, 0.25) is 0 Å². The van der Waals surface area contributed by atoms with Crippen molar-refractivity contribution in [1.29, 1.82) is 0 Å². The Morgan fingerprint density at radius 3 is 2.56 bits per heavy atom. The van der Waals surface area contributed by atoms with E-state index in [9.17, 15) is 4.79 Å². The third-order valence-electron chi connectivity index (χ3n) is 4.92. The molecule has 3 N–H and O–H groups in total. The third-order valence-corrected chi connectivity index (χ3v) is 4.92. The summed E-state index contributed by atoms with van der Waals surface area (Å²) in [5.74, 6) is -0.332. The van der Waals surface area contributed by atoms with Crippen molar-refractivity contribution < 1.29 is 9.90 Å². The predicted molar refractivity (Wildman–Crippen MR) is 68.3 cm³/mol. The summed E-state index contributed by atoms with van der Waals surface area (Å²) < 4.78 is 0. The van der Waals surface area contributed by atoms with Crippen molar-refractivity contribution in [2.75, 3.05) is 6.54 Å². The number of aromatic carboxylic acids is 1. The van der Waals surface area contributed by atoms with Crippen molar-refractivity contribution in [3.05, 3.63) is 17.5 Å². The quantitative estimate of drug-likeness (QED) is 0.746. The molecule has 0 atom stereocenters. The zero-order chi connectivity index (χ0) is 13.6. The normalized spacial score (nSPS) is 20.9. The van der Waals surface area contributed by atoms with Crippen LogP contribution in [0.2, 0.25) is 0 Å². The van der Waals surface area contributed by atoms with Gasteiger partial charge >= 0.3 is 5.97 Å². The SMILES string of the molecule is CC1(C)C(CNCc2cn[nH]c2C(=O)O)C1(C)C. The van der Waals surface area contributed by atoms with E-state index in [0.717, 1.165) is 6.54 Å². The molecule has 5 nitrogen and oxygen atoms in total. The second-order valence-electron chi connectivity index (χ2n) is 6.20. The Hall–Kier alpha value is -1.36.